The van der Waals surface area contributed by atoms with Gasteiger partial charge in [0.1, 0.15) is 0 Å². The van der Waals surface area contributed by atoms with Gasteiger partial charge >= 0.3 is 0 Å². The van der Waals surface area contributed by atoms with Crippen molar-refractivity contribution in [2.45, 2.75) is 53.3 Å². The van der Waals surface area contributed by atoms with E-state index in [1.54, 1.807) is 0 Å². The molecule has 1 saturated carbocycles. The van der Waals surface area contributed by atoms with Crippen LogP contribution in [-0.2, 0) is 4.43 Å². The second-order valence-corrected chi connectivity index (χ2v) is 12.3. The molecule has 1 aromatic rings. The van der Waals surface area contributed by atoms with Crippen molar-refractivity contribution in [1.29, 1.82) is 0 Å². The number of allylic oxidation sites excluding steroid dienone is 2. The lowest BCUT2D eigenvalue weighted by atomic mass is 9.86. The van der Waals surface area contributed by atoms with Crippen molar-refractivity contribution < 1.29 is 4.43 Å². The Hall–Kier alpha value is -1.02. The van der Waals surface area contributed by atoms with Gasteiger partial charge in [-0.05, 0) is 49.5 Å². The van der Waals surface area contributed by atoms with Crippen LogP contribution in [0.4, 0.5) is 0 Å². The summed E-state index contributed by atoms with van der Waals surface area (Å²) in [6.07, 6.45) is 2.61. The summed E-state index contributed by atoms with van der Waals surface area (Å²) in [7, 11) is -1.60. The number of hydrogen-bond donors (Lipinski definition) is 0. The smallest absolute Gasteiger partial charge is 0.241 e. The molecule has 0 bridgehead atoms. The SMILES string of the molecule is CC(C)(C)/C(O[Si](C)(C)C)=C(\c1ccccc1)C1CC1. The number of hydrogen-bond acceptors (Lipinski definition) is 1. The molecule has 0 atom stereocenters. The molecule has 20 heavy (non-hydrogen) atoms. The Morgan fingerprint density at radius 3 is 2.00 bits per heavy atom. The standard InChI is InChI=1S/C18H28OSi/c1-18(2,3)17(19-20(4,5)6)16(15-12-13-15)14-10-8-7-9-11-14/h7-11,15H,12-13H2,1-6H3/b17-16-. The summed E-state index contributed by atoms with van der Waals surface area (Å²) in [5, 5.41) is 0. The van der Waals surface area contributed by atoms with Crippen LogP contribution in [0.25, 0.3) is 5.57 Å². The fraction of sp³-hybridized carbons (Fsp3) is 0.556. The first-order valence-electron chi connectivity index (χ1n) is 7.67. The molecule has 0 radical (unpaired) electrons. The third kappa shape index (κ3) is 3.98. The van der Waals surface area contributed by atoms with Crippen molar-refractivity contribution in [3.63, 3.8) is 0 Å². The van der Waals surface area contributed by atoms with Crippen LogP contribution in [-0.4, -0.2) is 8.32 Å². The van der Waals surface area contributed by atoms with Crippen molar-refractivity contribution in [2.24, 2.45) is 11.3 Å². The van der Waals surface area contributed by atoms with E-state index in [2.05, 4.69) is 70.7 Å². The fourth-order valence-corrected chi connectivity index (χ4v) is 3.49. The number of benzene rings is 1. The van der Waals surface area contributed by atoms with Crippen LogP contribution in [0.15, 0.2) is 36.1 Å². The minimum Gasteiger partial charge on any atom is -0.547 e. The highest BCUT2D eigenvalue weighted by atomic mass is 28.4. The number of rotatable bonds is 4. The van der Waals surface area contributed by atoms with Gasteiger partial charge in [0.05, 0.1) is 5.76 Å². The second-order valence-electron chi connectivity index (χ2n) is 7.85. The lowest BCUT2D eigenvalue weighted by Gasteiger charge is -2.33. The minimum absolute atomic E-state index is 0.0635. The van der Waals surface area contributed by atoms with Crippen LogP contribution in [0.5, 0.6) is 0 Å². The van der Waals surface area contributed by atoms with Gasteiger partial charge in [0.2, 0.25) is 8.32 Å². The van der Waals surface area contributed by atoms with E-state index in [0.29, 0.717) is 5.92 Å². The van der Waals surface area contributed by atoms with Crippen molar-refractivity contribution in [2.75, 3.05) is 0 Å². The van der Waals surface area contributed by atoms with E-state index in [9.17, 15) is 0 Å². The van der Waals surface area contributed by atoms with Crippen molar-refractivity contribution in [1.82, 2.24) is 0 Å². The topological polar surface area (TPSA) is 9.23 Å². The van der Waals surface area contributed by atoms with Crippen molar-refractivity contribution in [3.8, 4) is 0 Å². The lowest BCUT2D eigenvalue weighted by molar-refractivity contribution is 0.290. The van der Waals surface area contributed by atoms with Crippen LogP contribution in [0.2, 0.25) is 19.6 Å². The Morgan fingerprint density at radius 2 is 1.60 bits per heavy atom. The quantitative estimate of drug-likeness (QED) is 0.509. The second kappa shape index (κ2) is 5.40. The Labute approximate surface area is 125 Å². The summed E-state index contributed by atoms with van der Waals surface area (Å²) >= 11 is 0. The molecule has 0 saturated heterocycles. The summed E-state index contributed by atoms with van der Waals surface area (Å²) in [6.45, 7) is 13.6. The van der Waals surface area contributed by atoms with Crippen molar-refractivity contribution in [3.05, 3.63) is 41.7 Å². The fourth-order valence-electron chi connectivity index (χ4n) is 2.46. The normalized spacial score (nSPS) is 17.7. The maximum atomic E-state index is 6.54. The third-order valence-corrected chi connectivity index (χ3v) is 4.22. The van der Waals surface area contributed by atoms with Gasteiger partial charge in [0.15, 0.2) is 0 Å². The van der Waals surface area contributed by atoms with Crippen LogP contribution in [0.1, 0.15) is 39.2 Å². The van der Waals surface area contributed by atoms with Gasteiger partial charge in [-0.15, -0.1) is 0 Å². The molecule has 0 N–H and O–H groups in total. The molecule has 0 heterocycles. The van der Waals surface area contributed by atoms with E-state index in [4.69, 9.17) is 4.43 Å². The molecule has 0 spiro atoms. The first-order chi connectivity index (χ1) is 9.18. The molecule has 110 valence electrons. The lowest BCUT2D eigenvalue weighted by Crippen LogP contribution is -2.30. The predicted molar refractivity (Wildman–Crippen MR) is 90.0 cm³/mol. The van der Waals surface area contributed by atoms with E-state index >= 15 is 0 Å². The summed E-state index contributed by atoms with van der Waals surface area (Å²) in [5.74, 6) is 1.92. The van der Waals surface area contributed by atoms with E-state index < -0.39 is 8.32 Å². The van der Waals surface area contributed by atoms with Gasteiger partial charge in [-0.3, -0.25) is 0 Å². The molecule has 2 rings (SSSR count). The van der Waals surface area contributed by atoms with E-state index in [1.165, 1.54) is 29.7 Å². The molecular formula is C18H28OSi. The Balaban J connectivity index is 2.54. The monoisotopic (exact) mass is 288 g/mol. The predicted octanol–water partition coefficient (Wildman–Crippen LogP) is 5.71. The third-order valence-electron chi connectivity index (χ3n) is 3.40. The Kier molecular flexibility index (Phi) is 4.15. The van der Waals surface area contributed by atoms with E-state index in [0.717, 1.165) is 0 Å². The highest BCUT2D eigenvalue weighted by Crippen LogP contribution is 2.48. The van der Waals surface area contributed by atoms with Crippen LogP contribution < -0.4 is 0 Å². The van der Waals surface area contributed by atoms with Crippen LogP contribution in [0, 0.1) is 11.3 Å². The molecule has 0 aromatic heterocycles. The summed E-state index contributed by atoms with van der Waals surface area (Å²) in [5.41, 5.74) is 2.87. The average molecular weight is 289 g/mol. The summed E-state index contributed by atoms with van der Waals surface area (Å²) in [4.78, 5) is 0. The van der Waals surface area contributed by atoms with Crippen LogP contribution in [0.3, 0.4) is 0 Å². The molecule has 0 amide bonds. The minimum atomic E-state index is -1.60. The highest BCUT2D eigenvalue weighted by Gasteiger charge is 2.36. The molecule has 1 nitrogen and oxygen atoms in total. The maximum Gasteiger partial charge on any atom is 0.241 e. The zero-order valence-corrected chi connectivity index (χ0v) is 14.8. The average Bonchev–Trinajstić information content (AvgIpc) is 3.11. The van der Waals surface area contributed by atoms with Gasteiger partial charge in [-0.2, -0.15) is 0 Å². The van der Waals surface area contributed by atoms with Gasteiger partial charge in [-0.1, -0.05) is 51.1 Å². The highest BCUT2D eigenvalue weighted by molar-refractivity contribution is 6.70. The zero-order valence-electron chi connectivity index (χ0n) is 13.8. The summed E-state index contributed by atoms with van der Waals surface area (Å²) in [6, 6.07) is 10.8. The van der Waals surface area contributed by atoms with Gasteiger partial charge in [0.25, 0.3) is 0 Å². The van der Waals surface area contributed by atoms with E-state index in [1.807, 2.05) is 0 Å². The molecule has 2 heteroatoms. The first-order valence-corrected chi connectivity index (χ1v) is 11.1. The molecule has 1 fully saturated rings. The Morgan fingerprint density at radius 1 is 1.05 bits per heavy atom. The largest absolute Gasteiger partial charge is 0.547 e. The molecule has 1 aliphatic rings. The molecular weight excluding hydrogens is 260 g/mol. The Bertz CT molecular complexity index is 484. The van der Waals surface area contributed by atoms with Crippen LogP contribution >= 0.6 is 0 Å². The van der Waals surface area contributed by atoms with Crippen molar-refractivity contribution >= 4 is 13.9 Å². The maximum absolute atomic E-state index is 6.54. The van der Waals surface area contributed by atoms with Gasteiger partial charge in [0, 0.05) is 5.41 Å². The van der Waals surface area contributed by atoms with Gasteiger partial charge < -0.3 is 4.43 Å². The molecule has 1 aromatic carbocycles. The molecule has 0 aliphatic heterocycles. The summed E-state index contributed by atoms with van der Waals surface area (Å²) < 4.78 is 6.54. The molecule has 0 unspecified atom stereocenters. The molecule has 1 aliphatic carbocycles. The first kappa shape index (κ1) is 15.4. The van der Waals surface area contributed by atoms with E-state index in [-0.39, 0.29) is 5.41 Å². The zero-order chi connectivity index (χ0) is 15.0. The van der Waals surface area contributed by atoms with Gasteiger partial charge in [-0.25, -0.2) is 0 Å².